The monoisotopic (exact) mass is 447 g/mol. The summed E-state index contributed by atoms with van der Waals surface area (Å²) in [7, 11) is 0. The molecule has 0 saturated carbocycles. The van der Waals surface area contributed by atoms with Crippen LogP contribution in [0.4, 0.5) is 5.13 Å². The number of nitrogens with zero attached hydrogens (tertiary/aromatic N) is 1. The summed E-state index contributed by atoms with van der Waals surface area (Å²) in [6, 6.07) is 11.7. The quantitative estimate of drug-likeness (QED) is 0.313. The van der Waals surface area contributed by atoms with Gasteiger partial charge in [-0.25, -0.2) is 9.78 Å². The van der Waals surface area contributed by atoms with Gasteiger partial charge >= 0.3 is 5.97 Å². The van der Waals surface area contributed by atoms with Gasteiger partial charge in [0.05, 0.1) is 22.4 Å². The summed E-state index contributed by atoms with van der Waals surface area (Å²) >= 11 is 12.4. The number of benzene rings is 2. The number of rotatable bonds is 6. The van der Waals surface area contributed by atoms with Crippen molar-refractivity contribution in [3.63, 3.8) is 0 Å². The highest BCUT2D eigenvalue weighted by Gasteiger charge is 2.13. The predicted octanol–water partition coefficient (Wildman–Crippen LogP) is 5.03. The van der Waals surface area contributed by atoms with Crippen molar-refractivity contribution in [3.05, 3.63) is 58.6 Å². The molecular weight excluding hydrogens is 430 g/mol. The van der Waals surface area contributed by atoms with E-state index in [-0.39, 0.29) is 17.0 Å². The molecule has 0 fully saturated rings. The molecule has 0 aliphatic heterocycles. The molecule has 29 heavy (non-hydrogen) atoms. The molecule has 0 spiro atoms. The highest BCUT2D eigenvalue weighted by atomic mass is 35.5. The fourth-order valence-electron chi connectivity index (χ4n) is 2.43. The van der Waals surface area contributed by atoms with Crippen LogP contribution in [0.1, 0.15) is 40.5 Å². The number of aromatic nitrogens is 1. The first-order valence-electron chi connectivity index (χ1n) is 8.92. The number of carbonyl (C=O) groups is 2. The number of carbonyl (C=O) groups excluding carboxylic acids is 2. The van der Waals surface area contributed by atoms with E-state index in [9.17, 15) is 9.59 Å². The summed E-state index contributed by atoms with van der Waals surface area (Å²) in [6.45, 7) is 2.44. The van der Waals surface area contributed by atoms with Crippen LogP contribution in [0.25, 0.3) is 10.2 Å². The summed E-state index contributed by atoms with van der Waals surface area (Å²) in [6.07, 6.45) is 1.80. The maximum Gasteiger partial charge on any atom is 0.338 e. The fraction of sp³-hybridized carbons (Fsp3) is 0.200. The first-order valence-corrected chi connectivity index (χ1v) is 10.5. The van der Waals surface area contributed by atoms with Crippen molar-refractivity contribution in [2.24, 2.45) is 0 Å². The maximum absolute atomic E-state index is 12.2. The third kappa shape index (κ3) is 5.72. The topological polar surface area (TPSA) is 80.3 Å². The summed E-state index contributed by atoms with van der Waals surface area (Å²) in [5.41, 5.74) is 1.59. The molecule has 6 nitrogen and oxygen atoms in total. The normalized spacial score (nSPS) is 10.6. The molecule has 0 aliphatic carbocycles. The van der Waals surface area contributed by atoms with E-state index in [1.165, 1.54) is 11.3 Å². The van der Waals surface area contributed by atoms with Gasteiger partial charge in [0.25, 0.3) is 5.91 Å². The Morgan fingerprint density at radius 1 is 1.21 bits per heavy atom. The molecule has 0 saturated heterocycles. The van der Waals surface area contributed by atoms with Gasteiger partial charge in [0.2, 0.25) is 0 Å². The van der Waals surface area contributed by atoms with Crippen LogP contribution in [0, 0.1) is 0 Å². The lowest BCUT2D eigenvalue weighted by Gasteiger charge is -2.07. The molecule has 1 heterocycles. The summed E-state index contributed by atoms with van der Waals surface area (Å²) in [5, 5.41) is 6.58. The average molecular weight is 448 g/mol. The van der Waals surface area contributed by atoms with Gasteiger partial charge in [-0.3, -0.25) is 10.1 Å². The number of halogens is 1. The van der Waals surface area contributed by atoms with Crippen molar-refractivity contribution in [2.45, 2.75) is 19.8 Å². The molecule has 1 amide bonds. The van der Waals surface area contributed by atoms with Crippen LogP contribution in [0.15, 0.2) is 42.5 Å². The molecule has 0 unspecified atom stereocenters. The summed E-state index contributed by atoms with van der Waals surface area (Å²) in [5.74, 6) is -0.726. The van der Waals surface area contributed by atoms with Crippen LogP contribution in [-0.4, -0.2) is 28.6 Å². The van der Waals surface area contributed by atoms with Gasteiger partial charge in [0.15, 0.2) is 10.2 Å². The van der Waals surface area contributed by atoms with Crippen LogP contribution in [-0.2, 0) is 4.74 Å². The van der Waals surface area contributed by atoms with Crippen molar-refractivity contribution in [2.75, 3.05) is 11.9 Å². The number of hydrogen-bond donors (Lipinski definition) is 2. The SMILES string of the molecule is CCCCOC(=O)c1ccc2nc(NC(=S)NC(=O)c3cccc(Cl)c3)sc2c1. The highest BCUT2D eigenvalue weighted by molar-refractivity contribution is 7.80. The van der Waals surface area contributed by atoms with E-state index >= 15 is 0 Å². The molecule has 0 aliphatic rings. The minimum atomic E-state index is -0.372. The third-order valence-electron chi connectivity index (χ3n) is 3.89. The van der Waals surface area contributed by atoms with Gasteiger partial charge < -0.3 is 10.1 Å². The zero-order valence-corrected chi connectivity index (χ0v) is 17.9. The summed E-state index contributed by atoms with van der Waals surface area (Å²) < 4.78 is 6.04. The molecule has 3 rings (SSSR count). The number of thiocarbonyl (C=S) groups is 1. The van der Waals surface area contributed by atoms with Crippen LogP contribution < -0.4 is 10.6 Å². The minimum Gasteiger partial charge on any atom is -0.462 e. The number of fused-ring (bicyclic) bond motifs is 1. The zero-order chi connectivity index (χ0) is 20.8. The lowest BCUT2D eigenvalue weighted by atomic mass is 10.2. The minimum absolute atomic E-state index is 0.119. The van der Waals surface area contributed by atoms with Crippen molar-refractivity contribution in [1.82, 2.24) is 10.3 Å². The third-order valence-corrected chi connectivity index (χ3v) is 5.26. The first kappa shape index (κ1) is 21.2. The largest absolute Gasteiger partial charge is 0.462 e. The number of nitrogens with one attached hydrogen (secondary N) is 2. The molecule has 1 aromatic heterocycles. The van der Waals surface area contributed by atoms with Gasteiger partial charge in [0, 0.05) is 10.6 Å². The van der Waals surface area contributed by atoms with Gasteiger partial charge in [-0.1, -0.05) is 42.3 Å². The molecule has 0 radical (unpaired) electrons. The van der Waals surface area contributed by atoms with E-state index < -0.39 is 0 Å². The Labute approximate surface area is 182 Å². The van der Waals surface area contributed by atoms with Crippen LogP contribution >= 0.6 is 35.2 Å². The lowest BCUT2D eigenvalue weighted by Crippen LogP contribution is -2.34. The van der Waals surface area contributed by atoms with Crippen LogP contribution in [0.3, 0.4) is 0 Å². The van der Waals surface area contributed by atoms with Gasteiger partial charge in [-0.15, -0.1) is 0 Å². The molecule has 0 bridgehead atoms. The number of anilines is 1. The van der Waals surface area contributed by atoms with E-state index in [1.807, 2.05) is 6.92 Å². The molecule has 2 aromatic carbocycles. The lowest BCUT2D eigenvalue weighted by molar-refractivity contribution is 0.0500. The van der Waals surface area contributed by atoms with Gasteiger partial charge in [-0.05, 0) is 55.0 Å². The highest BCUT2D eigenvalue weighted by Crippen LogP contribution is 2.27. The smallest absolute Gasteiger partial charge is 0.338 e. The second-order valence-corrected chi connectivity index (χ2v) is 7.98. The number of hydrogen-bond acceptors (Lipinski definition) is 6. The van der Waals surface area contributed by atoms with E-state index in [2.05, 4.69) is 15.6 Å². The van der Waals surface area contributed by atoms with Crippen molar-refractivity contribution in [1.29, 1.82) is 0 Å². The Morgan fingerprint density at radius 3 is 2.79 bits per heavy atom. The molecule has 150 valence electrons. The molecule has 2 N–H and O–H groups in total. The molecular formula is C20H18ClN3O3S2. The Bertz CT molecular complexity index is 1070. The number of esters is 1. The van der Waals surface area contributed by atoms with E-state index in [0.29, 0.717) is 33.4 Å². The Morgan fingerprint density at radius 2 is 2.03 bits per heavy atom. The van der Waals surface area contributed by atoms with Crippen LogP contribution in [0.5, 0.6) is 0 Å². The standard InChI is InChI=1S/C20H18ClN3O3S2/c1-2-3-9-27-18(26)13-7-8-15-16(11-13)29-20(22-15)24-19(28)23-17(25)12-5-4-6-14(21)10-12/h4-8,10-11H,2-3,9H2,1H3,(H2,22,23,24,25,28). The van der Waals surface area contributed by atoms with Crippen molar-refractivity contribution >= 4 is 67.5 Å². The van der Waals surface area contributed by atoms with E-state index in [0.717, 1.165) is 17.5 Å². The first-order chi connectivity index (χ1) is 14.0. The zero-order valence-electron chi connectivity index (χ0n) is 15.5. The Hall–Kier alpha value is -2.55. The number of amides is 1. The Kier molecular flexibility index (Phi) is 7.13. The fourth-order valence-corrected chi connectivity index (χ4v) is 3.78. The number of unbranched alkanes of at least 4 members (excludes halogenated alkanes) is 1. The number of thiazole rings is 1. The molecule has 3 aromatic rings. The molecule has 9 heteroatoms. The molecule has 0 atom stereocenters. The van der Waals surface area contributed by atoms with E-state index in [4.69, 9.17) is 28.6 Å². The van der Waals surface area contributed by atoms with Gasteiger partial charge in [0.1, 0.15) is 0 Å². The second kappa shape index (κ2) is 9.78. The summed E-state index contributed by atoms with van der Waals surface area (Å²) in [4.78, 5) is 28.7. The van der Waals surface area contributed by atoms with Crippen LogP contribution in [0.2, 0.25) is 5.02 Å². The van der Waals surface area contributed by atoms with Gasteiger partial charge in [-0.2, -0.15) is 0 Å². The Balaban J connectivity index is 1.65. The number of ether oxygens (including phenoxy) is 1. The average Bonchev–Trinajstić information content (AvgIpc) is 3.09. The maximum atomic E-state index is 12.2. The van der Waals surface area contributed by atoms with Crippen molar-refractivity contribution in [3.8, 4) is 0 Å². The predicted molar refractivity (Wildman–Crippen MR) is 120 cm³/mol. The second-order valence-electron chi connectivity index (χ2n) is 6.11. The van der Waals surface area contributed by atoms with E-state index in [1.54, 1.807) is 42.5 Å². The van der Waals surface area contributed by atoms with Crippen molar-refractivity contribution < 1.29 is 14.3 Å².